The Balaban J connectivity index is 1.75. The van der Waals surface area contributed by atoms with Crippen LogP contribution in [0.25, 0.3) is 22.4 Å². The summed E-state index contributed by atoms with van der Waals surface area (Å²) in [6.45, 7) is 0.471. The molecule has 0 spiro atoms. The van der Waals surface area contributed by atoms with Crippen LogP contribution in [0.5, 0.6) is 6.01 Å². The molecule has 3 rings (SSSR count). The van der Waals surface area contributed by atoms with E-state index in [1.165, 1.54) is 0 Å². The molecule has 0 unspecified atom stereocenters. The van der Waals surface area contributed by atoms with Gasteiger partial charge in [-0.05, 0) is 24.8 Å². The van der Waals surface area contributed by atoms with Gasteiger partial charge in [-0.1, -0.05) is 60.7 Å². The number of benzene rings is 2. The molecule has 0 radical (unpaired) electrons. The van der Waals surface area contributed by atoms with Gasteiger partial charge in [-0.15, -0.1) is 0 Å². The number of hydrogen-bond donors (Lipinski definition) is 1. The fourth-order valence-electron chi connectivity index (χ4n) is 2.80. The summed E-state index contributed by atoms with van der Waals surface area (Å²) in [5, 5.41) is 8.66. The Morgan fingerprint density at radius 1 is 0.889 bits per heavy atom. The lowest BCUT2D eigenvalue weighted by atomic mass is 10.0. The van der Waals surface area contributed by atoms with Gasteiger partial charge in [0.2, 0.25) is 0 Å². The first-order valence-corrected chi connectivity index (χ1v) is 9.06. The highest BCUT2D eigenvalue weighted by atomic mass is 16.5. The molecular weight excluding hydrogens is 340 g/mol. The van der Waals surface area contributed by atoms with Crippen molar-refractivity contribution in [1.82, 2.24) is 9.97 Å². The van der Waals surface area contributed by atoms with Crippen molar-refractivity contribution < 1.29 is 14.6 Å². The van der Waals surface area contributed by atoms with Gasteiger partial charge in [0.1, 0.15) is 0 Å². The number of carbonyl (C=O) groups is 1. The average molecular weight is 362 g/mol. The third kappa shape index (κ3) is 5.38. The highest BCUT2D eigenvalue weighted by Crippen LogP contribution is 2.30. The zero-order valence-electron chi connectivity index (χ0n) is 15.0. The van der Waals surface area contributed by atoms with Crippen molar-refractivity contribution in [2.45, 2.75) is 25.7 Å². The summed E-state index contributed by atoms with van der Waals surface area (Å²) in [4.78, 5) is 19.5. The number of hydrogen-bond acceptors (Lipinski definition) is 4. The quantitative estimate of drug-likeness (QED) is 0.552. The number of carboxylic acids is 1. The predicted octanol–water partition coefficient (Wildman–Crippen LogP) is 4.83. The second kappa shape index (κ2) is 9.48. The molecule has 1 N–H and O–H groups in total. The minimum atomic E-state index is -0.761. The Kier molecular flexibility index (Phi) is 6.52. The van der Waals surface area contributed by atoms with Gasteiger partial charge in [0.15, 0.2) is 0 Å². The average Bonchev–Trinajstić information content (AvgIpc) is 2.71. The molecule has 0 amide bonds. The van der Waals surface area contributed by atoms with E-state index in [2.05, 4.69) is 9.97 Å². The monoisotopic (exact) mass is 362 g/mol. The summed E-state index contributed by atoms with van der Waals surface area (Å²) in [6, 6.07) is 20.3. The SMILES string of the molecule is O=C(O)CCCCCOc1ncc(-c2ccccc2)c(-c2ccccc2)n1. The van der Waals surface area contributed by atoms with Gasteiger partial charge in [-0.25, -0.2) is 4.98 Å². The molecular formula is C22H22N2O3. The molecule has 138 valence electrons. The lowest BCUT2D eigenvalue weighted by Crippen LogP contribution is -2.03. The van der Waals surface area contributed by atoms with Gasteiger partial charge in [0.05, 0.1) is 12.3 Å². The summed E-state index contributed by atoms with van der Waals surface area (Å²) >= 11 is 0. The Morgan fingerprint density at radius 2 is 1.56 bits per heavy atom. The molecule has 5 heteroatoms. The summed E-state index contributed by atoms with van der Waals surface area (Å²) < 4.78 is 5.70. The minimum absolute atomic E-state index is 0.195. The predicted molar refractivity (Wildman–Crippen MR) is 105 cm³/mol. The molecule has 27 heavy (non-hydrogen) atoms. The molecule has 0 aliphatic carbocycles. The summed E-state index contributed by atoms with van der Waals surface area (Å²) in [5.41, 5.74) is 3.84. The molecule has 3 aromatic rings. The molecule has 0 bridgehead atoms. The van der Waals surface area contributed by atoms with Crippen LogP contribution in [-0.4, -0.2) is 27.7 Å². The first-order valence-electron chi connectivity index (χ1n) is 9.06. The molecule has 0 fully saturated rings. The van der Waals surface area contributed by atoms with Crippen molar-refractivity contribution in [3.8, 4) is 28.4 Å². The Morgan fingerprint density at radius 3 is 2.22 bits per heavy atom. The maximum atomic E-state index is 10.5. The molecule has 0 atom stereocenters. The van der Waals surface area contributed by atoms with Crippen LogP contribution in [0.3, 0.4) is 0 Å². The van der Waals surface area contributed by atoms with E-state index in [0.29, 0.717) is 19.0 Å². The van der Waals surface area contributed by atoms with E-state index in [4.69, 9.17) is 9.84 Å². The highest BCUT2D eigenvalue weighted by molar-refractivity contribution is 5.80. The number of carboxylic acid groups (broad SMARTS) is 1. The van der Waals surface area contributed by atoms with E-state index in [9.17, 15) is 4.79 Å². The van der Waals surface area contributed by atoms with E-state index in [-0.39, 0.29) is 6.42 Å². The second-order valence-corrected chi connectivity index (χ2v) is 6.20. The molecule has 1 heterocycles. The van der Waals surface area contributed by atoms with Gasteiger partial charge in [-0.3, -0.25) is 4.79 Å². The third-order valence-electron chi connectivity index (χ3n) is 4.16. The van der Waals surface area contributed by atoms with Crippen LogP contribution in [-0.2, 0) is 4.79 Å². The lowest BCUT2D eigenvalue weighted by Gasteiger charge is -2.11. The normalized spacial score (nSPS) is 10.5. The number of aromatic nitrogens is 2. The van der Waals surface area contributed by atoms with Gasteiger partial charge in [-0.2, -0.15) is 4.98 Å². The van der Waals surface area contributed by atoms with E-state index in [0.717, 1.165) is 35.2 Å². The number of ether oxygens (including phenoxy) is 1. The topological polar surface area (TPSA) is 72.3 Å². The van der Waals surface area contributed by atoms with Crippen molar-refractivity contribution in [1.29, 1.82) is 0 Å². The van der Waals surface area contributed by atoms with Crippen LogP contribution in [0, 0.1) is 0 Å². The summed E-state index contributed by atoms with van der Waals surface area (Å²) in [7, 11) is 0. The molecule has 5 nitrogen and oxygen atoms in total. The van der Waals surface area contributed by atoms with Crippen LogP contribution < -0.4 is 4.74 Å². The number of aliphatic carboxylic acids is 1. The molecule has 0 aliphatic rings. The van der Waals surface area contributed by atoms with E-state index >= 15 is 0 Å². The fraction of sp³-hybridized carbons (Fsp3) is 0.227. The van der Waals surface area contributed by atoms with Crippen LogP contribution in [0.1, 0.15) is 25.7 Å². The largest absolute Gasteiger partial charge is 0.481 e. The van der Waals surface area contributed by atoms with Crippen molar-refractivity contribution in [3.05, 3.63) is 66.9 Å². The molecule has 0 saturated heterocycles. The van der Waals surface area contributed by atoms with Crippen LogP contribution in [0.4, 0.5) is 0 Å². The van der Waals surface area contributed by atoms with E-state index < -0.39 is 5.97 Å². The maximum Gasteiger partial charge on any atom is 0.316 e. The van der Waals surface area contributed by atoms with Crippen molar-refractivity contribution in [2.24, 2.45) is 0 Å². The van der Waals surface area contributed by atoms with Crippen molar-refractivity contribution >= 4 is 5.97 Å². The van der Waals surface area contributed by atoms with Gasteiger partial charge >= 0.3 is 12.0 Å². The second-order valence-electron chi connectivity index (χ2n) is 6.20. The first kappa shape index (κ1) is 18.6. The van der Waals surface area contributed by atoms with Crippen LogP contribution in [0.2, 0.25) is 0 Å². The van der Waals surface area contributed by atoms with Crippen LogP contribution in [0.15, 0.2) is 66.9 Å². The molecule has 1 aromatic heterocycles. The van der Waals surface area contributed by atoms with E-state index in [1.54, 1.807) is 6.20 Å². The smallest absolute Gasteiger partial charge is 0.316 e. The maximum absolute atomic E-state index is 10.5. The first-order chi connectivity index (χ1) is 13.2. The Bertz CT molecular complexity index is 867. The van der Waals surface area contributed by atoms with Crippen LogP contribution >= 0.6 is 0 Å². The van der Waals surface area contributed by atoms with E-state index in [1.807, 2.05) is 60.7 Å². The standard InChI is InChI=1S/C22H22N2O3/c25-20(26)14-8-3-9-15-27-22-23-16-19(17-10-4-1-5-11-17)21(24-22)18-12-6-2-7-13-18/h1-2,4-7,10-13,16H,3,8-9,14-15H2,(H,25,26). The third-order valence-corrected chi connectivity index (χ3v) is 4.16. The van der Waals surface area contributed by atoms with Crippen molar-refractivity contribution in [2.75, 3.05) is 6.61 Å². The number of unbranched alkanes of at least 4 members (excludes halogenated alkanes) is 2. The highest BCUT2D eigenvalue weighted by Gasteiger charge is 2.12. The zero-order chi connectivity index (χ0) is 18.9. The summed E-state index contributed by atoms with van der Waals surface area (Å²) in [6.07, 6.45) is 4.23. The van der Waals surface area contributed by atoms with Crippen molar-refractivity contribution in [3.63, 3.8) is 0 Å². The Hall–Kier alpha value is -3.21. The summed E-state index contributed by atoms with van der Waals surface area (Å²) in [5.74, 6) is -0.761. The molecule has 0 aliphatic heterocycles. The number of rotatable bonds is 9. The Labute approximate surface area is 158 Å². The fourth-order valence-corrected chi connectivity index (χ4v) is 2.80. The van der Waals surface area contributed by atoms with Gasteiger partial charge in [0.25, 0.3) is 0 Å². The zero-order valence-corrected chi connectivity index (χ0v) is 15.0. The molecule has 0 saturated carbocycles. The molecule has 2 aromatic carbocycles. The van der Waals surface area contributed by atoms with Gasteiger partial charge in [0, 0.05) is 23.7 Å². The number of nitrogens with zero attached hydrogens (tertiary/aromatic N) is 2. The van der Waals surface area contributed by atoms with Gasteiger partial charge < -0.3 is 9.84 Å². The lowest BCUT2D eigenvalue weighted by molar-refractivity contribution is -0.137. The minimum Gasteiger partial charge on any atom is -0.481 e.